The molecule has 0 N–H and O–H groups in total. The van der Waals surface area contributed by atoms with Crippen molar-refractivity contribution in [2.75, 3.05) is 13.1 Å². The molecule has 1 amide bonds. The Morgan fingerprint density at radius 2 is 1.91 bits per heavy atom. The lowest BCUT2D eigenvalue weighted by Gasteiger charge is -2.19. The summed E-state index contributed by atoms with van der Waals surface area (Å²) in [6.07, 6.45) is 3.49. The van der Waals surface area contributed by atoms with Crippen LogP contribution in [0, 0.1) is 0 Å². The fraction of sp³-hybridized carbons (Fsp3) is 0.250. The number of aryl methyl sites for hydroxylation is 1. The number of hydrogen-bond donors (Lipinski definition) is 0. The molecule has 1 heterocycles. The number of aromatic nitrogens is 3. The summed E-state index contributed by atoms with van der Waals surface area (Å²) in [5, 5.41) is 8.37. The summed E-state index contributed by atoms with van der Waals surface area (Å²) in [7, 11) is 0. The molecule has 1 aromatic heterocycles. The van der Waals surface area contributed by atoms with Gasteiger partial charge >= 0.3 is 0 Å². The summed E-state index contributed by atoms with van der Waals surface area (Å²) in [4.78, 5) is 26.0. The molecule has 2 aromatic rings. The van der Waals surface area contributed by atoms with E-state index < -0.39 is 0 Å². The van der Waals surface area contributed by atoms with E-state index in [2.05, 4.69) is 23.5 Å². The van der Waals surface area contributed by atoms with Crippen molar-refractivity contribution >= 4 is 16.8 Å². The van der Waals surface area contributed by atoms with E-state index in [1.54, 1.807) is 41.3 Å². The summed E-state index contributed by atoms with van der Waals surface area (Å²) >= 11 is 0. The minimum atomic E-state index is -0.239. The van der Waals surface area contributed by atoms with Crippen molar-refractivity contribution in [3.05, 3.63) is 59.9 Å². The molecule has 0 fully saturated rings. The lowest BCUT2D eigenvalue weighted by Crippen LogP contribution is -2.33. The largest absolute Gasteiger partial charge is 0.335 e. The SMILES string of the molecule is C=CCN(CC=C)C(=O)CCn1nnc2ccccc2c1=O. The number of fused-ring (bicyclic) bond motifs is 1. The van der Waals surface area contributed by atoms with E-state index in [1.165, 1.54) is 4.68 Å². The van der Waals surface area contributed by atoms with Gasteiger partial charge in [-0.25, -0.2) is 4.68 Å². The van der Waals surface area contributed by atoms with Crippen LogP contribution in [0.25, 0.3) is 10.9 Å². The highest BCUT2D eigenvalue weighted by Gasteiger charge is 2.12. The van der Waals surface area contributed by atoms with Crippen LogP contribution in [0.15, 0.2) is 54.4 Å². The lowest BCUT2D eigenvalue weighted by atomic mass is 10.2. The number of carbonyl (C=O) groups excluding carboxylic acids is 1. The zero-order chi connectivity index (χ0) is 15.9. The number of hydrogen-bond acceptors (Lipinski definition) is 4. The number of carbonyl (C=O) groups is 1. The molecule has 0 unspecified atom stereocenters. The third kappa shape index (κ3) is 3.46. The normalized spacial score (nSPS) is 10.4. The van der Waals surface area contributed by atoms with Gasteiger partial charge in [-0.3, -0.25) is 9.59 Å². The first-order valence-corrected chi connectivity index (χ1v) is 6.99. The smallest absolute Gasteiger partial charge is 0.277 e. The van der Waals surface area contributed by atoms with Crippen molar-refractivity contribution in [2.24, 2.45) is 0 Å². The van der Waals surface area contributed by atoms with Crippen LogP contribution in [-0.4, -0.2) is 38.9 Å². The van der Waals surface area contributed by atoms with Crippen molar-refractivity contribution in [1.29, 1.82) is 0 Å². The molecule has 0 aliphatic rings. The topological polar surface area (TPSA) is 68.1 Å². The molecule has 0 radical (unpaired) electrons. The molecule has 0 atom stereocenters. The van der Waals surface area contributed by atoms with E-state index >= 15 is 0 Å². The number of benzene rings is 1. The maximum absolute atomic E-state index is 12.3. The average Bonchev–Trinajstić information content (AvgIpc) is 2.54. The Bertz CT molecular complexity index is 741. The summed E-state index contributed by atoms with van der Waals surface area (Å²) in [6.45, 7) is 8.34. The van der Waals surface area contributed by atoms with Gasteiger partial charge in [-0.05, 0) is 12.1 Å². The second-order valence-corrected chi connectivity index (χ2v) is 4.76. The molecule has 2 rings (SSSR count). The Labute approximate surface area is 128 Å². The fourth-order valence-electron chi connectivity index (χ4n) is 2.12. The second kappa shape index (κ2) is 7.31. The minimum absolute atomic E-state index is 0.0818. The molecule has 114 valence electrons. The van der Waals surface area contributed by atoms with Crippen LogP contribution in [0.5, 0.6) is 0 Å². The van der Waals surface area contributed by atoms with Crippen LogP contribution in [0.4, 0.5) is 0 Å². The Kier molecular flexibility index (Phi) is 5.19. The van der Waals surface area contributed by atoms with Gasteiger partial charge in [0.05, 0.1) is 11.9 Å². The molecule has 6 heteroatoms. The Morgan fingerprint density at radius 3 is 2.59 bits per heavy atom. The standard InChI is InChI=1S/C16H18N4O2/c1-3-10-19(11-4-2)15(21)9-12-20-16(22)13-7-5-6-8-14(13)17-18-20/h3-8H,1-2,9-12H2. The molecule has 0 saturated carbocycles. The molecule has 0 aliphatic heterocycles. The predicted molar refractivity (Wildman–Crippen MR) is 85.4 cm³/mol. The molecule has 0 saturated heterocycles. The third-order valence-electron chi connectivity index (χ3n) is 3.22. The Morgan fingerprint density at radius 1 is 1.23 bits per heavy atom. The van der Waals surface area contributed by atoms with Gasteiger partial charge in [0.1, 0.15) is 5.52 Å². The first-order valence-electron chi connectivity index (χ1n) is 6.99. The van der Waals surface area contributed by atoms with Crippen molar-refractivity contribution in [3.63, 3.8) is 0 Å². The number of nitrogens with zero attached hydrogens (tertiary/aromatic N) is 4. The monoisotopic (exact) mass is 298 g/mol. The van der Waals surface area contributed by atoms with E-state index in [4.69, 9.17) is 0 Å². The maximum atomic E-state index is 12.3. The first kappa shape index (κ1) is 15.6. The van der Waals surface area contributed by atoms with Crippen molar-refractivity contribution in [2.45, 2.75) is 13.0 Å². The molecular formula is C16H18N4O2. The van der Waals surface area contributed by atoms with Gasteiger partial charge in [-0.2, -0.15) is 0 Å². The van der Waals surface area contributed by atoms with Crippen LogP contribution in [0.3, 0.4) is 0 Å². The molecule has 0 aliphatic carbocycles. The molecule has 0 bridgehead atoms. The zero-order valence-electron chi connectivity index (χ0n) is 12.3. The second-order valence-electron chi connectivity index (χ2n) is 4.76. The summed E-state index contributed by atoms with van der Waals surface area (Å²) < 4.78 is 1.22. The van der Waals surface area contributed by atoms with Gasteiger partial charge in [0.15, 0.2) is 0 Å². The highest BCUT2D eigenvalue weighted by molar-refractivity contribution is 5.77. The van der Waals surface area contributed by atoms with Gasteiger partial charge in [-0.1, -0.05) is 29.5 Å². The Balaban J connectivity index is 2.12. The average molecular weight is 298 g/mol. The summed E-state index contributed by atoms with van der Waals surface area (Å²) in [6, 6.07) is 7.01. The highest BCUT2D eigenvalue weighted by Crippen LogP contribution is 2.04. The van der Waals surface area contributed by atoms with Crippen LogP contribution in [0.1, 0.15) is 6.42 Å². The van der Waals surface area contributed by atoms with Gasteiger partial charge in [-0.15, -0.1) is 18.3 Å². The van der Waals surface area contributed by atoms with Crippen LogP contribution in [0.2, 0.25) is 0 Å². The quantitative estimate of drug-likeness (QED) is 0.724. The van der Waals surface area contributed by atoms with E-state index in [-0.39, 0.29) is 24.4 Å². The van der Waals surface area contributed by atoms with E-state index in [0.29, 0.717) is 24.0 Å². The third-order valence-corrected chi connectivity index (χ3v) is 3.22. The van der Waals surface area contributed by atoms with E-state index in [9.17, 15) is 9.59 Å². The van der Waals surface area contributed by atoms with Crippen LogP contribution in [-0.2, 0) is 11.3 Å². The first-order chi connectivity index (χ1) is 10.7. The minimum Gasteiger partial charge on any atom is -0.335 e. The highest BCUT2D eigenvalue weighted by atomic mass is 16.2. The molecular weight excluding hydrogens is 280 g/mol. The van der Waals surface area contributed by atoms with Gasteiger partial charge in [0, 0.05) is 19.5 Å². The van der Waals surface area contributed by atoms with Crippen molar-refractivity contribution in [3.8, 4) is 0 Å². The summed E-state index contributed by atoms with van der Waals surface area (Å²) in [5.41, 5.74) is 0.312. The lowest BCUT2D eigenvalue weighted by molar-refractivity contribution is -0.130. The maximum Gasteiger partial charge on any atom is 0.277 e. The molecule has 1 aromatic carbocycles. The fourth-order valence-corrected chi connectivity index (χ4v) is 2.12. The van der Waals surface area contributed by atoms with E-state index in [0.717, 1.165) is 0 Å². The zero-order valence-corrected chi connectivity index (χ0v) is 12.3. The van der Waals surface area contributed by atoms with Crippen molar-refractivity contribution in [1.82, 2.24) is 19.9 Å². The van der Waals surface area contributed by atoms with Gasteiger partial charge in [0.25, 0.3) is 5.56 Å². The van der Waals surface area contributed by atoms with E-state index in [1.807, 2.05) is 0 Å². The molecule has 6 nitrogen and oxygen atoms in total. The number of amides is 1. The summed E-state index contributed by atoms with van der Waals surface area (Å²) in [5.74, 6) is -0.0818. The van der Waals surface area contributed by atoms with Gasteiger partial charge in [0.2, 0.25) is 5.91 Å². The Hall–Kier alpha value is -2.76. The predicted octanol–water partition coefficient (Wildman–Crippen LogP) is 1.38. The van der Waals surface area contributed by atoms with Crippen molar-refractivity contribution < 1.29 is 4.79 Å². The van der Waals surface area contributed by atoms with Crippen LogP contribution < -0.4 is 5.56 Å². The van der Waals surface area contributed by atoms with Crippen LogP contribution >= 0.6 is 0 Å². The number of rotatable bonds is 7. The molecule has 22 heavy (non-hydrogen) atoms. The van der Waals surface area contributed by atoms with Gasteiger partial charge < -0.3 is 4.90 Å². The molecule has 0 spiro atoms.